The maximum absolute atomic E-state index is 13.8. The van der Waals surface area contributed by atoms with E-state index in [4.69, 9.17) is 4.98 Å². The molecule has 0 radical (unpaired) electrons. The van der Waals surface area contributed by atoms with Crippen molar-refractivity contribution in [2.75, 3.05) is 70.1 Å². The van der Waals surface area contributed by atoms with Crippen molar-refractivity contribution in [3.05, 3.63) is 42.0 Å². The predicted octanol–water partition coefficient (Wildman–Crippen LogP) is 3.45. The SMILES string of the molecule is CSc1ccc(-c2ccc(C(=O)N3CCN(C(C)=O)CC3)c(N3CCC(N4CCCC(CO)C4)CC3)n2)cc1. The zero-order valence-corrected chi connectivity index (χ0v) is 24.0. The van der Waals surface area contributed by atoms with Gasteiger partial charge < -0.3 is 19.8 Å². The third-order valence-electron chi connectivity index (χ3n) is 8.59. The summed E-state index contributed by atoms with van der Waals surface area (Å²) in [4.78, 5) is 40.4. The summed E-state index contributed by atoms with van der Waals surface area (Å²) in [5.41, 5.74) is 2.56. The second-order valence-corrected chi connectivity index (χ2v) is 11.9. The lowest BCUT2D eigenvalue weighted by atomic mass is 9.94. The van der Waals surface area contributed by atoms with Crippen molar-refractivity contribution in [1.29, 1.82) is 0 Å². The number of amides is 2. The van der Waals surface area contributed by atoms with Gasteiger partial charge in [-0.3, -0.25) is 14.5 Å². The summed E-state index contributed by atoms with van der Waals surface area (Å²) in [7, 11) is 0. The van der Waals surface area contributed by atoms with Crippen LogP contribution in [0.3, 0.4) is 0 Å². The van der Waals surface area contributed by atoms with Gasteiger partial charge in [0.05, 0.1) is 11.3 Å². The largest absolute Gasteiger partial charge is 0.396 e. The molecule has 8 nitrogen and oxygen atoms in total. The number of aromatic nitrogens is 1. The van der Waals surface area contributed by atoms with Crippen molar-refractivity contribution < 1.29 is 14.7 Å². The molecule has 2 amide bonds. The van der Waals surface area contributed by atoms with E-state index < -0.39 is 0 Å². The van der Waals surface area contributed by atoms with Gasteiger partial charge in [0.15, 0.2) is 0 Å². The highest BCUT2D eigenvalue weighted by Gasteiger charge is 2.32. The van der Waals surface area contributed by atoms with Crippen molar-refractivity contribution in [3.8, 4) is 11.3 Å². The Balaban J connectivity index is 1.37. The molecule has 210 valence electrons. The number of nitrogens with zero attached hydrogens (tertiary/aromatic N) is 5. The van der Waals surface area contributed by atoms with E-state index in [0.717, 1.165) is 68.9 Å². The number of thioether (sulfide) groups is 1. The predicted molar refractivity (Wildman–Crippen MR) is 156 cm³/mol. The molecule has 4 heterocycles. The van der Waals surface area contributed by atoms with Crippen LogP contribution in [0.1, 0.15) is 43.0 Å². The van der Waals surface area contributed by atoms with Gasteiger partial charge in [-0.1, -0.05) is 12.1 Å². The van der Waals surface area contributed by atoms with Crippen molar-refractivity contribution in [2.24, 2.45) is 5.92 Å². The van der Waals surface area contributed by atoms with Crippen molar-refractivity contribution in [1.82, 2.24) is 19.7 Å². The smallest absolute Gasteiger partial charge is 0.257 e. The van der Waals surface area contributed by atoms with Crippen LogP contribution in [0.15, 0.2) is 41.3 Å². The first-order chi connectivity index (χ1) is 19.0. The molecule has 5 rings (SSSR count). The lowest BCUT2D eigenvalue weighted by Gasteiger charge is -2.42. The average Bonchev–Trinajstić information content (AvgIpc) is 3.00. The molecule has 9 heteroatoms. The highest BCUT2D eigenvalue weighted by atomic mass is 32.2. The fraction of sp³-hybridized carbons (Fsp3) is 0.567. The third-order valence-corrected chi connectivity index (χ3v) is 9.34. The molecular weight excluding hydrogens is 510 g/mol. The van der Waals surface area contributed by atoms with E-state index >= 15 is 0 Å². The molecule has 2 aromatic rings. The molecule has 1 aromatic carbocycles. The molecular formula is C30H41N5O3S. The number of aliphatic hydroxyl groups is 1. The Morgan fingerprint density at radius 1 is 0.923 bits per heavy atom. The van der Waals surface area contributed by atoms with Gasteiger partial charge >= 0.3 is 0 Å². The van der Waals surface area contributed by atoms with E-state index in [-0.39, 0.29) is 18.4 Å². The minimum Gasteiger partial charge on any atom is -0.396 e. The summed E-state index contributed by atoms with van der Waals surface area (Å²) in [6.45, 7) is 7.87. The van der Waals surface area contributed by atoms with Crippen LogP contribution in [-0.2, 0) is 4.79 Å². The van der Waals surface area contributed by atoms with Crippen molar-refractivity contribution >= 4 is 29.4 Å². The van der Waals surface area contributed by atoms with Gasteiger partial charge in [0, 0.05) is 75.8 Å². The number of likely N-dealkylation sites (tertiary alicyclic amines) is 1. The Morgan fingerprint density at radius 2 is 1.62 bits per heavy atom. The number of piperidine rings is 2. The topological polar surface area (TPSA) is 80.2 Å². The Labute approximate surface area is 236 Å². The number of rotatable bonds is 6. The van der Waals surface area contributed by atoms with Gasteiger partial charge in [0.1, 0.15) is 5.82 Å². The number of hydrogen-bond acceptors (Lipinski definition) is 7. The Morgan fingerprint density at radius 3 is 2.26 bits per heavy atom. The van der Waals surface area contributed by atoms with Crippen LogP contribution in [0.2, 0.25) is 0 Å². The number of carbonyl (C=O) groups excluding carboxylic acids is 2. The molecule has 0 bridgehead atoms. The number of aliphatic hydroxyl groups excluding tert-OH is 1. The Bertz CT molecular complexity index is 1140. The Hall–Kier alpha value is -2.62. The second kappa shape index (κ2) is 12.7. The summed E-state index contributed by atoms with van der Waals surface area (Å²) in [5.74, 6) is 1.21. The molecule has 3 saturated heterocycles. The molecule has 3 aliphatic heterocycles. The number of anilines is 1. The first-order valence-electron chi connectivity index (χ1n) is 14.3. The van der Waals surface area contributed by atoms with Crippen LogP contribution < -0.4 is 4.90 Å². The highest BCUT2D eigenvalue weighted by Crippen LogP contribution is 2.31. The van der Waals surface area contributed by atoms with E-state index in [2.05, 4.69) is 40.3 Å². The normalized spacial score (nSPS) is 21.3. The van der Waals surface area contributed by atoms with Gasteiger partial charge in [-0.05, 0) is 68.7 Å². The summed E-state index contributed by atoms with van der Waals surface area (Å²) < 4.78 is 0. The molecule has 0 aliphatic carbocycles. The Kier molecular flexibility index (Phi) is 9.10. The zero-order chi connectivity index (χ0) is 27.4. The maximum Gasteiger partial charge on any atom is 0.257 e. The monoisotopic (exact) mass is 551 g/mol. The second-order valence-electron chi connectivity index (χ2n) is 11.0. The number of pyridine rings is 1. The van der Waals surface area contributed by atoms with Gasteiger partial charge in [-0.15, -0.1) is 11.8 Å². The number of benzene rings is 1. The molecule has 39 heavy (non-hydrogen) atoms. The number of carbonyl (C=O) groups is 2. The standard InChI is InChI=1S/C30H41N5O3S/c1-22(37)32-16-18-34(19-17-32)30(38)27-9-10-28(24-5-7-26(39-2)8-6-24)31-29(27)33-14-11-25(12-15-33)35-13-3-4-23(20-35)21-36/h5-10,23,25,36H,3-4,11-21H2,1-2H3. The first-order valence-corrected chi connectivity index (χ1v) is 15.5. The summed E-state index contributed by atoms with van der Waals surface area (Å²) in [6, 6.07) is 12.8. The van der Waals surface area contributed by atoms with E-state index in [1.807, 2.05) is 17.0 Å². The van der Waals surface area contributed by atoms with E-state index in [0.29, 0.717) is 43.7 Å². The van der Waals surface area contributed by atoms with Crippen molar-refractivity contribution in [2.45, 2.75) is 43.5 Å². The fourth-order valence-corrected chi connectivity index (χ4v) is 6.60. The molecule has 0 saturated carbocycles. The molecule has 3 aliphatic rings. The summed E-state index contributed by atoms with van der Waals surface area (Å²) in [5, 5.41) is 9.68. The third kappa shape index (κ3) is 6.42. The van der Waals surface area contributed by atoms with Gasteiger partial charge in [-0.25, -0.2) is 4.98 Å². The minimum absolute atomic E-state index is 0.00563. The van der Waals surface area contributed by atoms with Crippen molar-refractivity contribution in [3.63, 3.8) is 0 Å². The van der Waals surface area contributed by atoms with Crippen LogP contribution in [-0.4, -0.2) is 108 Å². The fourth-order valence-electron chi connectivity index (χ4n) is 6.19. The molecule has 1 aromatic heterocycles. The van der Waals surface area contributed by atoms with Crippen LogP contribution >= 0.6 is 11.8 Å². The highest BCUT2D eigenvalue weighted by molar-refractivity contribution is 7.98. The first kappa shape index (κ1) is 27.9. The molecule has 1 atom stereocenters. The quantitative estimate of drug-likeness (QED) is 0.551. The minimum atomic E-state index is -0.00563. The maximum atomic E-state index is 13.8. The van der Waals surface area contributed by atoms with Gasteiger partial charge in [0.25, 0.3) is 5.91 Å². The van der Waals surface area contributed by atoms with E-state index in [9.17, 15) is 14.7 Å². The van der Waals surface area contributed by atoms with Crippen LogP contribution in [0.5, 0.6) is 0 Å². The number of piperazine rings is 1. The lowest BCUT2D eigenvalue weighted by Crippen LogP contribution is -2.51. The molecule has 0 spiro atoms. The summed E-state index contributed by atoms with van der Waals surface area (Å²) >= 11 is 1.71. The zero-order valence-electron chi connectivity index (χ0n) is 23.2. The van der Waals surface area contributed by atoms with E-state index in [1.54, 1.807) is 23.6 Å². The number of hydrogen-bond donors (Lipinski definition) is 1. The average molecular weight is 552 g/mol. The van der Waals surface area contributed by atoms with Crippen LogP contribution in [0.4, 0.5) is 5.82 Å². The van der Waals surface area contributed by atoms with Crippen LogP contribution in [0.25, 0.3) is 11.3 Å². The molecule has 1 unspecified atom stereocenters. The molecule has 1 N–H and O–H groups in total. The van der Waals surface area contributed by atoms with Crippen LogP contribution in [0, 0.1) is 5.92 Å². The summed E-state index contributed by atoms with van der Waals surface area (Å²) in [6.07, 6.45) is 6.39. The van der Waals surface area contributed by atoms with Gasteiger partial charge in [-0.2, -0.15) is 0 Å². The lowest BCUT2D eigenvalue weighted by molar-refractivity contribution is -0.130. The molecule has 3 fully saturated rings. The van der Waals surface area contributed by atoms with Gasteiger partial charge in [0.2, 0.25) is 5.91 Å². The van der Waals surface area contributed by atoms with E-state index in [1.165, 1.54) is 4.90 Å².